The van der Waals surface area contributed by atoms with Crippen molar-refractivity contribution in [2.45, 2.75) is 19.3 Å². The fourth-order valence-electron chi connectivity index (χ4n) is 3.78. The number of halogens is 3. The normalized spacial score (nSPS) is 14.8. The Morgan fingerprint density at radius 1 is 0.788 bits per heavy atom. The lowest BCUT2D eigenvalue weighted by Gasteiger charge is -2.34. The van der Waals surface area contributed by atoms with Crippen molar-refractivity contribution >= 4 is 5.91 Å². The summed E-state index contributed by atoms with van der Waals surface area (Å²) in [6.45, 7) is 3.52. The molecular formula is C26H25F3N2O2. The van der Waals surface area contributed by atoms with E-state index in [-0.39, 0.29) is 5.91 Å². The summed E-state index contributed by atoms with van der Waals surface area (Å²) >= 11 is 0. The van der Waals surface area contributed by atoms with Gasteiger partial charge < -0.3 is 9.64 Å². The molecule has 0 radical (unpaired) electrons. The summed E-state index contributed by atoms with van der Waals surface area (Å²) in [5.41, 5.74) is 1.87. The van der Waals surface area contributed by atoms with E-state index < -0.39 is 11.7 Å². The zero-order valence-corrected chi connectivity index (χ0v) is 18.1. The second-order valence-corrected chi connectivity index (χ2v) is 8.06. The van der Waals surface area contributed by atoms with Crippen molar-refractivity contribution in [3.05, 3.63) is 101 Å². The molecule has 1 aliphatic rings. The first-order valence-corrected chi connectivity index (χ1v) is 10.8. The molecule has 172 valence electrons. The maximum atomic E-state index is 12.8. The average molecular weight is 454 g/mol. The van der Waals surface area contributed by atoms with Gasteiger partial charge in [-0.25, -0.2) is 0 Å². The summed E-state index contributed by atoms with van der Waals surface area (Å²) in [7, 11) is 0. The monoisotopic (exact) mass is 454 g/mol. The molecule has 0 aromatic heterocycles. The van der Waals surface area contributed by atoms with Gasteiger partial charge in [-0.05, 0) is 47.5 Å². The molecule has 4 rings (SSSR count). The SMILES string of the molecule is O=C(c1ccc(OCc2ccccc2)cc1)N1CCN(Cc2ccc(C(F)(F)F)cc2)CC1. The van der Waals surface area contributed by atoms with Crippen LogP contribution in [0.3, 0.4) is 0 Å². The summed E-state index contributed by atoms with van der Waals surface area (Å²) < 4.78 is 43.9. The number of carbonyl (C=O) groups is 1. The fourth-order valence-corrected chi connectivity index (χ4v) is 3.78. The van der Waals surface area contributed by atoms with Crippen molar-refractivity contribution < 1.29 is 22.7 Å². The number of hydrogen-bond acceptors (Lipinski definition) is 3. The van der Waals surface area contributed by atoms with Crippen molar-refractivity contribution in [1.29, 1.82) is 0 Å². The van der Waals surface area contributed by atoms with Gasteiger partial charge in [-0.15, -0.1) is 0 Å². The molecule has 1 amide bonds. The van der Waals surface area contributed by atoms with E-state index in [2.05, 4.69) is 4.90 Å². The number of hydrogen-bond donors (Lipinski definition) is 0. The van der Waals surface area contributed by atoms with Gasteiger partial charge >= 0.3 is 6.18 Å². The van der Waals surface area contributed by atoms with Crippen LogP contribution in [0.15, 0.2) is 78.9 Å². The molecule has 3 aromatic carbocycles. The smallest absolute Gasteiger partial charge is 0.416 e. The van der Waals surface area contributed by atoms with E-state index in [1.54, 1.807) is 24.3 Å². The highest BCUT2D eigenvalue weighted by Gasteiger charge is 2.30. The lowest BCUT2D eigenvalue weighted by molar-refractivity contribution is -0.137. The Morgan fingerprint density at radius 2 is 1.42 bits per heavy atom. The molecular weight excluding hydrogens is 429 g/mol. The van der Waals surface area contributed by atoms with E-state index in [1.807, 2.05) is 35.2 Å². The van der Waals surface area contributed by atoms with Crippen LogP contribution in [0.1, 0.15) is 27.0 Å². The number of ether oxygens (including phenoxy) is 1. The van der Waals surface area contributed by atoms with Crippen LogP contribution in [0.25, 0.3) is 0 Å². The first-order chi connectivity index (χ1) is 15.9. The van der Waals surface area contributed by atoms with Gasteiger partial charge in [0.2, 0.25) is 0 Å². The minimum atomic E-state index is -4.32. The molecule has 33 heavy (non-hydrogen) atoms. The second-order valence-electron chi connectivity index (χ2n) is 8.06. The summed E-state index contributed by atoms with van der Waals surface area (Å²) in [4.78, 5) is 16.8. The molecule has 1 saturated heterocycles. The third kappa shape index (κ3) is 6.14. The first-order valence-electron chi connectivity index (χ1n) is 10.8. The molecule has 1 fully saturated rings. The van der Waals surface area contributed by atoms with Gasteiger partial charge in [0.05, 0.1) is 5.56 Å². The van der Waals surface area contributed by atoms with Gasteiger partial charge in [-0.1, -0.05) is 42.5 Å². The van der Waals surface area contributed by atoms with Crippen LogP contribution < -0.4 is 4.74 Å². The highest BCUT2D eigenvalue weighted by atomic mass is 19.4. The van der Waals surface area contributed by atoms with Crippen LogP contribution in [0.5, 0.6) is 5.75 Å². The van der Waals surface area contributed by atoms with Crippen LogP contribution in [-0.2, 0) is 19.3 Å². The molecule has 0 bridgehead atoms. The molecule has 0 spiro atoms. The number of amides is 1. The number of carbonyl (C=O) groups excluding carboxylic acids is 1. The predicted octanol–water partition coefficient (Wildman–Crippen LogP) is 5.24. The van der Waals surface area contributed by atoms with E-state index in [4.69, 9.17) is 4.74 Å². The largest absolute Gasteiger partial charge is 0.489 e. The molecule has 0 N–H and O–H groups in total. The average Bonchev–Trinajstić information content (AvgIpc) is 2.84. The van der Waals surface area contributed by atoms with Gasteiger partial charge in [0.1, 0.15) is 12.4 Å². The van der Waals surface area contributed by atoms with E-state index in [0.29, 0.717) is 50.6 Å². The minimum Gasteiger partial charge on any atom is -0.489 e. The van der Waals surface area contributed by atoms with E-state index in [9.17, 15) is 18.0 Å². The highest BCUT2D eigenvalue weighted by molar-refractivity contribution is 5.94. The van der Waals surface area contributed by atoms with Crippen molar-refractivity contribution in [2.24, 2.45) is 0 Å². The molecule has 0 saturated carbocycles. The number of alkyl halides is 3. The van der Waals surface area contributed by atoms with Crippen LogP contribution >= 0.6 is 0 Å². The second kappa shape index (κ2) is 10.1. The van der Waals surface area contributed by atoms with Crippen LogP contribution in [0.4, 0.5) is 13.2 Å². The van der Waals surface area contributed by atoms with Crippen molar-refractivity contribution in [3.63, 3.8) is 0 Å². The Balaban J connectivity index is 1.25. The van der Waals surface area contributed by atoms with Crippen LogP contribution in [0, 0.1) is 0 Å². The molecule has 7 heteroatoms. The molecule has 0 aliphatic carbocycles. The maximum absolute atomic E-state index is 12.8. The van der Waals surface area contributed by atoms with E-state index in [1.165, 1.54) is 12.1 Å². The van der Waals surface area contributed by atoms with Gasteiger partial charge in [-0.2, -0.15) is 13.2 Å². The number of piperazine rings is 1. The van der Waals surface area contributed by atoms with Crippen molar-refractivity contribution in [3.8, 4) is 5.75 Å². The zero-order valence-electron chi connectivity index (χ0n) is 18.1. The molecule has 1 heterocycles. The Kier molecular flexibility index (Phi) is 6.99. The Labute approximate surface area is 191 Å². The topological polar surface area (TPSA) is 32.8 Å². The fraction of sp³-hybridized carbons (Fsp3) is 0.269. The highest BCUT2D eigenvalue weighted by Crippen LogP contribution is 2.29. The number of benzene rings is 3. The van der Waals surface area contributed by atoms with Gasteiger partial charge in [0.25, 0.3) is 5.91 Å². The minimum absolute atomic E-state index is 0.0289. The third-order valence-corrected chi connectivity index (χ3v) is 5.70. The van der Waals surface area contributed by atoms with Crippen LogP contribution in [0.2, 0.25) is 0 Å². The molecule has 3 aromatic rings. The predicted molar refractivity (Wildman–Crippen MR) is 120 cm³/mol. The summed E-state index contributed by atoms with van der Waals surface area (Å²) in [6, 6.07) is 22.3. The summed E-state index contributed by atoms with van der Waals surface area (Å²) in [5, 5.41) is 0. The lowest BCUT2D eigenvalue weighted by Crippen LogP contribution is -2.48. The Bertz CT molecular complexity index is 1040. The van der Waals surface area contributed by atoms with Crippen LogP contribution in [-0.4, -0.2) is 41.9 Å². The standard InChI is InChI=1S/C26H25F3N2O2/c27-26(28,29)23-10-6-20(7-11-23)18-30-14-16-31(17-15-30)25(32)22-8-12-24(13-9-22)33-19-21-4-2-1-3-5-21/h1-13H,14-19H2. The molecule has 1 aliphatic heterocycles. The van der Waals surface area contributed by atoms with Crippen molar-refractivity contribution in [1.82, 2.24) is 9.80 Å². The summed E-state index contributed by atoms with van der Waals surface area (Å²) in [5.74, 6) is 0.676. The molecule has 0 unspecified atom stereocenters. The van der Waals surface area contributed by atoms with Crippen molar-refractivity contribution in [2.75, 3.05) is 26.2 Å². The zero-order chi connectivity index (χ0) is 23.3. The first kappa shape index (κ1) is 22.9. The number of nitrogens with zero attached hydrogens (tertiary/aromatic N) is 2. The van der Waals surface area contributed by atoms with E-state index in [0.717, 1.165) is 23.3 Å². The summed E-state index contributed by atoms with van der Waals surface area (Å²) in [6.07, 6.45) is -4.32. The molecule has 0 atom stereocenters. The van der Waals surface area contributed by atoms with Gasteiger partial charge in [0.15, 0.2) is 0 Å². The Hall–Kier alpha value is -3.32. The quantitative estimate of drug-likeness (QED) is 0.511. The Morgan fingerprint density at radius 3 is 2.03 bits per heavy atom. The third-order valence-electron chi connectivity index (χ3n) is 5.70. The number of rotatable bonds is 6. The molecule has 4 nitrogen and oxygen atoms in total. The van der Waals surface area contributed by atoms with Gasteiger partial charge in [-0.3, -0.25) is 9.69 Å². The lowest BCUT2D eigenvalue weighted by atomic mass is 10.1. The van der Waals surface area contributed by atoms with Gasteiger partial charge in [0, 0.05) is 38.3 Å². The van der Waals surface area contributed by atoms with E-state index >= 15 is 0 Å². The maximum Gasteiger partial charge on any atom is 0.416 e.